The van der Waals surface area contributed by atoms with Gasteiger partial charge in [0.2, 0.25) is 5.88 Å². The summed E-state index contributed by atoms with van der Waals surface area (Å²) in [4.78, 5) is 14.3. The Morgan fingerprint density at radius 3 is 2.52 bits per heavy atom. The Labute approximate surface area is 277 Å². The van der Waals surface area contributed by atoms with E-state index in [-0.39, 0.29) is 6.04 Å². The van der Waals surface area contributed by atoms with E-state index in [4.69, 9.17) is 9.72 Å². The molecule has 2 atom stereocenters. The SMILES string of the molecule is C=C(C)c1cccc(N(CC2CCC2)C(=N)C(C)N2CCC(c3cccc(OCc4ccc(C=NC(C)CC)c(C)c4)n3)CC2)c1. The lowest BCUT2D eigenvalue weighted by Gasteiger charge is -2.41. The number of allylic oxidation sites excluding steroid dienone is 1. The van der Waals surface area contributed by atoms with Crippen LogP contribution in [0.3, 0.4) is 0 Å². The van der Waals surface area contributed by atoms with Crippen LogP contribution >= 0.6 is 0 Å². The van der Waals surface area contributed by atoms with Gasteiger partial charge < -0.3 is 9.64 Å². The number of pyridine rings is 1. The van der Waals surface area contributed by atoms with E-state index in [0.717, 1.165) is 72.5 Å². The highest BCUT2D eigenvalue weighted by Gasteiger charge is 2.31. The summed E-state index contributed by atoms with van der Waals surface area (Å²) < 4.78 is 6.17. The molecule has 1 aliphatic carbocycles. The molecule has 0 bridgehead atoms. The second-order valence-corrected chi connectivity index (χ2v) is 13.5. The van der Waals surface area contributed by atoms with Gasteiger partial charge in [0.25, 0.3) is 0 Å². The summed E-state index contributed by atoms with van der Waals surface area (Å²) in [6.45, 7) is 18.2. The number of benzene rings is 2. The van der Waals surface area contributed by atoms with Gasteiger partial charge in [-0.15, -0.1) is 0 Å². The molecule has 2 heterocycles. The summed E-state index contributed by atoms with van der Waals surface area (Å²) in [5.41, 5.74) is 7.91. The van der Waals surface area contributed by atoms with Gasteiger partial charge in [-0.25, -0.2) is 4.98 Å². The van der Waals surface area contributed by atoms with E-state index in [1.54, 1.807) is 0 Å². The van der Waals surface area contributed by atoms with Crippen molar-refractivity contribution in [1.29, 1.82) is 5.41 Å². The predicted molar refractivity (Wildman–Crippen MR) is 194 cm³/mol. The molecule has 1 aliphatic heterocycles. The van der Waals surface area contributed by atoms with Gasteiger partial charge in [0.15, 0.2) is 0 Å². The molecule has 1 saturated carbocycles. The van der Waals surface area contributed by atoms with Crippen molar-refractivity contribution in [2.75, 3.05) is 24.5 Å². The van der Waals surface area contributed by atoms with E-state index in [2.05, 4.69) is 111 Å². The van der Waals surface area contributed by atoms with Gasteiger partial charge in [-0.3, -0.25) is 15.3 Å². The van der Waals surface area contributed by atoms with Gasteiger partial charge in [-0.05, 0) is 119 Å². The first-order chi connectivity index (χ1) is 22.2. The Bertz CT molecular complexity index is 1520. The summed E-state index contributed by atoms with van der Waals surface area (Å²) in [5.74, 6) is 2.44. The van der Waals surface area contributed by atoms with E-state index >= 15 is 0 Å². The highest BCUT2D eigenvalue weighted by atomic mass is 16.5. The van der Waals surface area contributed by atoms with Crippen molar-refractivity contribution < 1.29 is 4.74 Å². The van der Waals surface area contributed by atoms with Crippen molar-refractivity contribution in [3.63, 3.8) is 0 Å². The van der Waals surface area contributed by atoms with Crippen molar-refractivity contribution in [2.45, 2.75) is 97.8 Å². The van der Waals surface area contributed by atoms with Crippen LogP contribution in [0.4, 0.5) is 5.69 Å². The van der Waals surface area contributed by atoms with E-state index in [9.17, 15) is 5.41 Å². The zero-order valence-electron chi connectivity index (χ0n) is 28.6. The number of rotatable bonds is 13. The quantitative estimate of drug-likeness (QED) is 0.153. The van der Waals surface area contributed by atoms with Gasteiger partial charge in [0.05, 0.1) is 6.04 Å². The van der Waals surface area contributed by atoms with Crippen molar-refractivity contribution in [3.8, 4) is 5.88 Å². The largest absolute Gasteiger partial charge is 0.473 e. The second-order valence-electron chi connectivity index (χ2n) is 13.5. The monoisotopic (exact) mass is 619 g/mol. The molecule has 3 aromatic rings. The number of anilines is 1. The molecular formula is C40H53N5O. The summed E-state index contributed by atoms with van der Waals surface area (Å²) >= 11 is 0. The van der Waals surface area contributed by atoms with Crippen LogP contribution in [0.2, 0.25) is 0 Å². The average molecular weight is 620 g/mol. The van der Waals surface area contributed by atoms with Crippen molar-refractivity contribution in [1.82, 2.24) is 9.88 Å². The fourth-order valence-corrected chi connectivity index (χ4v) is 6.38. The zero-order valence-corrected chi connectivity index (χ0v) is 28.6. The number of aryl methyl sites for hydroxylation is 1. The summed E-state index contributed by atoms with van der Waals surface area (Å²) in [5, 5.41) is 9.35. The minimum Gasteiger partial charge on any atom is -0.473 e. The highest BCUT2D eigenvalue weighted by molar-refractivity contribution is 5.99. The third-order valence-corrected chi connectivity index (χ3v) is 10.0. The molecule has 2 aliphatic rings. The molecule has 2 unspecified atom stereocenters. The average Bonchev–Trinajstić information content (AvgIpc) is 3.06. The number of ether oxygens (including phenoxy) is 1. The molecule has 6 nitrogen and oxygen atoms in total. The van der Waals surface area contributed by atoms with E-state index in [1.807, 2.05) is 12.3 Å². The van der Waals surface area contributed by atoms with Crippen molar-refractivity contribution in [2.24, 2.45) is 10.9 Å². The number of aromatic nitrogens is 1. The van der Waals surface area contributed by atoms with Gasteiger partial charge in [0, 0.05) is 42.2 Å². The summed E-state index contributed by atoms with van der Waals surface area (Å²) in [6.07, 6.45) is 8.92. The number of piperidine rings is 1. The zero-order chi connectivity index (χ0) is 32.6. The third kappa shape index (κ3) is 8.52. The number of hydrogen-bond acceptors (Lipinski definition) is 5. The minimum atomic E-state index is 0.0494. The molecule has 46 heavy (non-hydrogen) atoms. The van der Waals surface area contributed by atoms with Crippen LogP contribution in [0.5, 0.6) is 5.88 Å². The van der Waals surface area contributed by atoms with Gasteiger partial charge in [-0.1, -0.05) is 61.9 Å². The number of hydrogen-bond donors (Lipinski definition) is 1. The topological polar surface area (TPSA) is 64.8 Å². The maximum atomic E-state index is 9.35. The van der Waals surface area contributed by atoms with Crippen LogP contribution in [-0.2, 0) is 6.61 Å². The molecule has 5 rings (SSSR count). The number of likely N-dealkylation sites (tertiary alicyclic amines) is 1. The summed E-state index contributed by atoms with van der Waals surface area (Å²) in [7, 11) is 0. The molecule has 2 aromatic carbocycles. The Hall–Kier alpha value is -3.77. The molecule has 1 aromatic heterocycles. The molecular weight excluding hydrogens is 566 g/mol. The first kappa shape index (κ1) is 33.6. The van der Waals surface area contributed by atoms with E-state index in [1.165, 1.54) is 24.8 Å². The van der Waals surface area contributed by atoms with Crippen molar-refractivity contribution in [3.05, 3.63) is 95.2 Å². The molecule has 2 fully saturated rings. The Morgan fingerprint density at radius 1 is 1.09 bits per heavy atom. The van der Waals surface area contributed by atoms with Gasteiger partial charge in [-0.2, -0.15) is 0 Å². The number of amidine groups is 1. The molecule has 0 amide bonds. The van der Waals surface area contributed by atoms with E-state index < -0.39 is 0 Å². The van der Waals surface area contributed by atoms with E-state index in [0.29, 0.717) is 36.2 Å². The standard InChI is InChI=1S/C40H53N5O/c1-7-30(5)42-25-36-18-17-33(23-29(36)4)27-46-39-16-10-15-38(43-39)34-19-21-44(22-20-34)31(6)40(41)45(26-32-11-8-12-32)37-14-9-13-35(24-37)28(2)3/h9-10,13-18,23-25,30-32,34,41H,2,7-8,11-12,19-22,26-27H2,1,3-6H3. The minimum absolute atomic E-state index is 0.0494. The summed E-state index contributed by atoms with van der Waals surface area (Å²) in [6, 6.07) is 21.6. The maximum absolute atomic E-state index is 9.35. The number of nitrogens with one attached hydrogen (secondary N) is 1. The van der Waals surface area contributed by atoms with Crippen LogP contribution in [0.15, 0.2) is 72.2 Å². The second kappa shape index (κ2) is 15.7. The lowest BCUT2D eigenvalue weighted by Crippen LogP contribution is -2.50. The number of nitrogens with zero attached hydrogens (tertiary/aromatic N) is 4. The first-order valence-corrected chi connectivity index (χ1v) is 17.3. The Morgan fingerprint density at radius 2 is 1.85 bits per heavy atom. The Balaban J connectivity index is 1.17. The lowest BCUT2D eigenvalue weighted by molar-refractivity contribution is 0.192. The molecule has 1 N–H and O–H groups in total. The molecule has 6 heteroatoms. The van der Waals surface area contributed by atoms with Crippen LogP contribution in [0.25, 0.3) is 5.57 Å². The molecule has 1 saturated heterocycles. The fourth-order valence-electron chi connectivity index (χ4n) is 6.38. The normalized spacial score (nSPS) is 17.4. The third-order valence-electron chi connectivity index (χ3n) is 10.0. The van der Waals surface area contributed by atoms with Crippen molar-refractivity contribution >= 4 is 23.3 Å². The fraction of sp³-hybridized carbons (Fsp3) is 0.475. The molecule has 0 radical (unpaired) electrons. The van der Waals surface area contributed by atoms with Gasteiger partial charge >= 0.3 is 0 Å². The Kier molecular flexibility index (Phi) is 11.5. The number of aliphatic imine (C=N–C) groups is 1. The van der Waals surface area contributed by atoms with Crippen LogP contribution in [0, 0.1) is 18.3 Å². The van der Waals surface area contributed by atoms with Crippen LogP contribution in [-0.4, -0.2) is 53.7 Å². The lowest BCUT2D eigenvalue weighted by atomic mass is 9.84. The first-order valence-electron chi connectivity index (χ1n) is 17.3. The maximum Gasteiger partial charge on any atom is 0.213 e. The van der Waals surface area contributed by atoms with Crippen LogP contribution in [0.1, 0.15) is 100 Å². The van der Waals surface area contributed by atoms with Gasteiger partial charge in [0.1, 0.15) is 12.4 Å². The predicted octanol–water partition coefficient (Wildman–Crippen LogP) is 9.07. The van der Waals surface area contributed by atoms with Crippen LogP contribution < -0.4 is 9.64 Å². The molecule has 0 spiro atoms. The molecule has 244 valence electrons. The smallest absolute Gasteiger partial charge is 0.213 e. The highest BCUT2D eigenvalue weighted by Crippen LogP contribution is 2.32.